The molecule has 19 aromatic rings. The van der Waals surface area contributed by atoms with Crippen LogP contribution in [0.2, 0.25) is 0 Å². The monoisotopic (exact) mass is 1850 g/mol. The molecule has 23 rings (SSSR count). The summed E-state index contributed by atoms with van der Waals surface area (Å²) in [4.78, 5) is 11.0. The minimum atomic E-state index is -0.360. The van der Waals surface area contributed by atoms with Gasteiger partial charge in [-0.2, -0.15) is 0 Å². The van der Waals surface area contributed by atoms with Gasteiger partial charge in [-0.3, -0.25) is 0 Å². The molecule has 2 aromatic heterocycles. The van der Waals surface area contributed by atoms with Crippen LogP contribution in [0, 0.1) is 0 Å². The van der Waals surface area contributed by atoms with Crippen LogP contribution in [0.4, 0.5) is 68.2 Å². The molecule has 0 saturated heterocycles. The predicted octanol–water partition coefficient (Wildman–Crippen LogP) is 33.1. The molecule has 0 radical (unpaired) electrons. The lowest BCUT2D eigenvalue weighted by Crippen LogP contribution is -2.65. The minimum absolute atomic E-state index is 0.108. The molecule has 0 N–H and O–H groups in total. The Labute approximate surface area is 842 Å². The van der Waals surface area contributed by atoms with Crippen LogP contribution in [0.5, 0.6) is 0 Å². The third-order valence-corrected chi connectivity index (χ3v) is 31.3. The van der Waals surface area contributed by atoms with Gasteiger partial charge in [-0.15, -0.1) is 0 Å². The first-order valence-corrected chi connectivity index (χ1v) is 51.4. The molecule has 702 valence electrons. The highest BCUT2D eigenvalue weighted by Crippen LogP contribution is 2.58. The molecule has 6 nitrogen and oxygen atoms in total. The molecule has 0 bridgehead atoms. The van der Waals surface area contributed by atoms with Gasteiger partial charge in [0.1, 0.15) is 0 Å². The van der Waals surface area contributed by atoms with Gasteiger partial charge in [-0.1, -0.05) is 403 Å². The molecule has 142 heavy (non-hydrogen) atoms. The van der Waals surface area contributed by atoms with Gasteiger partial charge in [-0.05, 0) is 258 Å². The second-order valence-electron chi connectivity index (χ2n) is 49.1. The van der Waals surface area contributed by atoms with Crippen molar-refractivity contribution in [3.05, 3.63) is 396 Å². The first-order valence-electron chi connectivity index (χ1n) is 51.4. The Hall–Kier alpha value is -14.3. The van der Waals surface area contributed by atoms with E-state index in [0.29, 0.717) is 0 Å². The highest BCUT2D eigenvalue weighted by Gasteiger charge is 2.51. The zero-order chi connectivity index (χ0) is 99.0. The average Bonchev–Trinajstić information content (AvgIpc) is 0.772. The van der Waals surface area contributed by atoms with Crippen molar-refractivity contribution in [2.45, 2.75) is 209 Å². The second-order valence-corrected chi connectivity index (χ2v) is 49.1. The third-order valence-electron chi connectivity index (χ3n) is 31.3. The van der Waals surface area contributed by atoms with E-state index in [1.54, 1.807) is 0 Å². The van der Waals surface area contributed by atoms with Crippen molar-refractivity contribution in [1.29, 1.82) is 0 Å². The van der Waals surface area contributed by atoms with Crippen LogP contribution in [0.1, 0.15) is 211 Å². The van der Waals surface area contributed by atoms with Crippen molar-refractivity contribution in [1.82, 2.24) is 9.13 Å². The summed E-state index contributed by atoms with van der Waals surface area (Å²) in [5.41, 5.74) is 45.7. The lowest BCUT2D eigenvalue weighted by molar-refractivity contribution is 0.590. The summed E-state index contributed by atoms with van der Waals surface area (Å²) in [6.07, 6.45) is 0. The second kappa shape index (κ2) is 32.6. The number of benzene rings is 17. The van der Waals surface area contributed by atoms with E-state index in [9.17, 15) is 0 Å². The maximum Gasteiger partial charge on any atom is 0.252 e. The summed E-state index contributed by atoms with van der Waals surface area (Å²) in [6, 6.07) is 139. The van der Waals surface area contributed by atoms with Crippen molar-refractivity contribution in [3.63, 3.8) is 0 Å². The van der Waals surface area contributed by atoms with Gasteiger partial charge in [0.15, 0.2) is 0 Å². The molecule has 0 aliphatic carbocycles. The number of para-hydroxylation sites is 2. The molecule has 0 unspecified atom stereocenters. The fourth-order valence-corrected chi connectivity index (χ4v) is 23.3. The summed E-state index contributed by atoms with van der Waals surface area (Å²) < 4.78 is 5.27. The predicted molar refractivity (Wildman–Crippen MR) is 615 cm³/mol. The molecule has 6 heterocycles. The van der Waals surface area contributed by atoms with Crippen LogP contribution < -0.4 is 52.4 Å². The van der Waals surface area contributed by atoms with Crippen molar-refractivity contribution in [3.8, 4) is 55.9 Å². The Bertz CT molecular complexity index is 8070. The first-order chi connectivity index (χ1) is 67.5. The number of hydrogen-bond acceptors (Lipinski definition) is 4. The van der Waals surface area contributed by atoms with Gasteiger partial charge in [0, 0.05) is 101 Å². The Morgan fingerprint density at radius 1 is 0.169 bits per heavy atom. The summed E-state index contributed by atoms with van der Waals surface area (Å²) in [5.74, 6) is 0. The van der Waals surface area contributed by atoms with Crippen molar-refractivity contribution >= 4 is 158 Å². The van der Waals surface area contributed by atoms with Gasteiger partial charge >= 0.3 is 0 Å². The zero-order valence-corrected chi connectivity index (χ0v) is 87.3. The van der Waals surface area contributed by atoms with E-state index in [1.165, 1.54) is 105 Å². The maximum atomic E-state index is 2.80. The van der Waals surface area contributed by atoms with Gasteiger partial charge in [0.25, 0.3) is 13.4 Å². The van der Waals surface area contributed by atoms with E-state index >= 15 is 0 Å². The molecular formula is C134H130B2N6. The zero-order valence-electron chi connectivity index (χ0n) is 87.3. The van der Waals surface area contributed by atoms with Gasteiger partial charge in [-0.25, -0.2) is 0 Å². The molecule has 4 aliphatic rings. The van der Waals surface area contributed by atoms with Crippen molar-refractivity contribution in [2.75, 3.05) is 19.6 Å². The topological polar surface area (TPSA) is 22.8 Å². The van der Waals surface area contributed by atoms with E-state index < -0.39 is 0 Å². The molecule has 0 spiro atoms. The highest BCUT2D eigenvalue weighted by atomic mass is 15.2. The molecule has 0 amide bonds. The average molecular weight is 1850 g/mol. The van der Waals surface area contributed by atoms with Crippen LogP contribution in [0.15, 0.2) is 352 Å². The number of hydrogen-bond donors (Lipinski definition) is 0. The quantitative estimate of drug-likeness (QED) is 0.127. The van der Waals surface area contributed by atoms with Crippen LogP contribution in [0.25, 0.3) is 99.5 Å². The first kappa shape index (κ1) is 91.4. The lowest BCUT2D eigenvalue weighted by atomic mass is 9.30. The Kier molecular flexibility index (Phi) is 21.0. The minimum Gasteiger partial charge on any atom is -0.311 e. The van der Waals surface area contributed by atoms with Crippen molar-refractivity contribution < 1.29 is 0 Å². The number of anilines is 12. The molecule has 0 atom stereocenters. The lowest BCUT2D eigenvalue weighted by Gasteiger charge is -2.48. The van der Waals surface area contributed by atoms with E-state index in [2.05, 4.69) is 547 Å². The summed E-state index contributed by atoms with van der Waals surface area (Å²) in [5, 5.41) is 4.96. The van der Waals surface area contributed by atoms with E-state index in [-0.39, 0.29) is 56.7 Å². The Balaban J connectivity index is 0.926. The summed E-state index contributed by atoms with van der Waals surface area (Å²) in [7, 11) is 0. The smallest absolute Gasteiger partial charge is 0.252 e. The number of aromatic nitrogens is 2. The SMILES string of the molecule is CC(C)(C)c1ccc(N2c3cc4c(cc3B3c5ccc(C(C)(C)C)cc5N(c5c(-c6ccccc6)cccc5-c5ccccc5)c5cc(-n6c7ccc(C(C)(C)C)cc7c7cc(C(C)(C)C)ccc76)cc2c53)B2c3ccc(C(C)(C)C)cc3N(c3ccc(C(C)(C)C)cc3)c3cc(-n5c6ccc(C(C)(C)C)cc6c6cc(C(C)(C)C)ccc65)cc(c32)N4c2c(-c3ccccc3)cccc2-c2ccccc2)cc1. The Morgan fingerprint density at radius 2 is 0.401 bits per heavy atom. The van der Waals surface area contributed by atoms with Crippen LogP contribution >= 0.6 is 0 Å². The van der Waals surface area contributed by atoms with Gasteiger partial charge in [0.2, 0.25) is 0 Å². The van der Waals surface area contributed by atoms with E-state index in [1.807, 2.05) is 0 Å². The number of nitrogens with zero attached hydrogens (tertiary/aromatic N) is 6. The number of fused-ring (bicyclic) bond motifs is 14. The van der Waals surface area contributed by atoms with E-state index in [0.717, 1.165) is 141 Å². The van der Waals surface area contributed by atoms with Crippen molar-refractivity contribution in [2.24, 2.45) is 0 Å². The molecule has 0 saturated carbocycles. The normalized spacial score (nSPS) is 13.8. The van der Waals surface area contributed by atoms with E-state index in [4.69, 9.17) is 0 Å². The maximum absolute atomic E-state index is 2.80. The largest absolute Gasteiger partial charge is 0.311 e. The highest BCUT2D eigenvalue weighted by molar-refractivity contribution is 7.03. The van der Waals surface area contributed by atoms with Crippen LogP contribution in [-0.4, -0.2) is 22.6 Å². The van der Waals surface area contributed by atoms with Crippen LogP contribution in [0.3, 0.4) is 0 Å². The van der Waals surface area contributed by atoms with Crippen LogP contribution in [-0.2, 0) is 43.3 Å². The third kappa shape index (κ3) is 15.1. The molecule has 4 aliphatic heterocycles. The Morgan fingerprint density at radius 3 is 0.676 bits per heavy atom. The fraction of sp³-hybridized carbons (Fsp3) is 0.239. The number of rotatable bonds is 10. The molecule has 0 fully saturated rings. The standard InChI is InChI=1S/C134H130B2N6/c1-127(2,3)87-51-61-95(62-52-87)137-115-75-93(133(19,20)21)55-65-107(115)135-110-81-109-117(82-118(110)142(126-101(85-43-33-27-34-44-85)49-38-50-102(126)86-45-35-28-36-46-86)122-80-97(77-119(137)123(122)135)139-111-67-57-89(129(7,8)9)71-103(111)104-72-90(130(10,11)12)58-68-112(104)139)138(96-63-53-88(54-64-96)128(4,5)6)120-78-98(140-113-69-59-91(131(13,14)15)73-105(113)106-74-92(132(16,17)18)60-70-114(106)140)79-121-124(120)136(109)108-66-56-94(134(22,23)24)76-116(108)141(121)125-99(83-39-29-25-30-40-83)47-37-48-100(125)84-41-31-26-32-42-84/h25-82H,1-24H3. The molecular weight excluding hydrogens is 1720 g/mol. The molecule has 8 heteroatoms. The summed E-state index contributed by atoms with van der Waals surface area (Å²) in [6.45, 7) is 56.0. The van der Waals surface area contributed by atoms with Gasteiger partial charge < -0.3 is 28.7 Å². The molecule has 17 aromatic carbocycles. The fourth-order valence-electron chi connectivity index (χ4n) is 23.3. The van der Waals surface area contributed by atoms with Gasteiger partial charge in [0.05, 0.1) is 44.8 Å². The summed E-state index contributed by atoms with van der Waals surface area (Å²) >= 11 is 0.